The lowest BCUT2D eigenvalue weighted by Crippen LogP contribution is -2.23. The van der Waals surface area contributed by atoms with Crippen molar-refractivity contribution < 1.29 is 23.4 Å². The summed E-state index contributed by atoms with van der Waals surface area (Å²) in [5, 5.41) is 13.7. The van der Waals surface area contributed by atoms with Crippen molar-refractivity contribution in [3.63, 3.8) is 0 Å². The molecule has 1 heterocycles. The Hall–Kier alpha value is -4.04. The first-order valence-electron chi connectivity index (χ1n) is 11.4. The molecule has 0 fully saturated rings. The van der Waals surface area contributed by atoms with E-state index in [9.17, 15) is 23.5 Å². The highest BCUT2D eigenvalue weighted by Crippen LogP contribution is 2.35. The zero-order chi connectivity index (χ0) is 26.2. The number of nitrogens with one attached hydrogen (secondary N) is 1. The third-order valence-corrected chi connectivity index (χ3v) is 5.82. The molecule has 0 radical (unpaired) electrons. The van der Waals surface area contributed by atoms with Crippen molar-refractivity contribution in [1.82, 2.24) is 9.88 Å². The van der Waals surface area contributed by atoms with Gasteiger partial charge in [0.25, 0.3) is 5.91 Å². The summed E-state index contributed by atoms with van der Waals surface area (Å²) in [4.78, 5) is 25.4. The van der Waals surface area contributed by atoms with Gasteiger partial charge in [0.2, 0.25) is 0 Å². The van der Waals surface area contributed by atoms with E-state index in [1.165, 1.54) is 12.1 Å². The second-order valence-electron chi connectivity index (χ2n) is 9.02. The normalized spacial score (nSPS) is 11.5. The molecular weight excluding hydrogens is 466 g/mol. The van der Waals surface area contributed by atoms with E-state index in [2.05, 4.69) is 5.32 Å². The summed E-state index contributed by atoms with van der Waals surface area (Å²) in [6.45, 7) is 7.15. The third kappa shape index (κ3) is 4.85. The van der Waals surface area contributed by atoms with Gasteiger partial charge in [-0.05, 0) is 75.7 Å². The smallest absolute Gasteiger partial charge is 0.251 e. The monoisotopic (exact) mass is 492 g/mol. The molecule has 36 heavy (non-hydrogen) atoms. The number of rotatable bonds is 6. The van der Waals surface area contributed by atoms with Crippen molar-refractivity contribution in [3.8, 4) is 17.2 Å². The first-order chi connectivity index (χ1) is 17.0. The molecular formula is C28H26F2N2O4. The number of aryl methyl sites for hydroxylation is 1. The number of fused-ring (bicyclic) bond motifs is 1. The standard InChI is InChI=1S/C28H26F2N2O4/c1-5-31-27(34)17-6-9-22-20(12-17)26(33)16(2)15-32(22)23-13-18(28(3,4)35)7-10-25(23)36-24-11-8-19(29)14-21(24)30/h6-15,35H,5H2,1-4H3,(H,31,34). The molecule has 0 saturated heterocycles. The van der Waals surface area contributed by atoms with E-state index in [0.717, 1.165) is 12.1 Å². The van der Waals surface area contributed by atoms with E-state index in [1.807, 2.05) is 0 Å². The quantitative estimate of drug-likeness (QED) is 0.380. The molecule has 1 amide bonds. The van der Waals surface area contributed by atoms with Crippen LogP contribution in [0.4, 0.5) is 8.78 Å². The van der Waals surface area contributed by atoms with Crippen molar-refractivity contribution in [2.24, 2.45) is 0 Å². The Bertz CT molecular complexity index is 1540. The van der Waals surface area contributed by atoms with Crippen LogP contribution in [0.5, 0.6) is 11.5 Å². The Morgan fingerprint density at radius 1 is 1.06 bits per heavy atom. The summed E-state index contributed by atoms with van der Waals surface area (Å²) in [7, 11) is 0. The summed E-state index contributed by atoms with van der Waals surface area (Å²) >= 11 is 0. The minimum absolute atomic E-state index is 0.186. The lowest BCUT2D eigenvalue weighted by atomic mass is 9.97. The maximum Gasteiger partial charge on any atom is 0.251 e. The van der Waals surface area contributed by atoms with Crippen LogP contribution in [0.25, 0.3) is 16.6 Å². The van der Waals surface area contributed by atoms with Crippen molar-refractivity contribution in [2.45, 2.75) is 33.3 Å². The van der Waals surface area contributed by atoms with Gasteiger partial charge < -0.3 is 19.7 Å². The van der Waals surface area contributed by atoms with Gasteiger partial charge in [0.05, 0.1) is 16.8 Å². The molecule has 1 aromatic heterocycles. The maximum absolute atomic E-state index is 14.4. The number of pyridine rings is 1. The zero-order valence-corrected chi connectivity index (χ0v) is 20.4. The summed E-state index contributed by atoms with van der Waals surface area (Å²) in [5.74, 6) is -1.88. The van der Waals surface area contributed by atoms with E-state index in [-0.39, 0.29) is 22.8 Å². The Morgan fingerprint density at radius 3 is 2.44 bits per heavy atom. The summed E-state index contributed by atoms with van der Waals surface area (Å²) < 4.78 is 35.4. The number of nitrogens with zero attached hydrogens (tertiary/aromatic N) is 1. The van der Waals surface area contributed by atoms with Crippen molar-refractivity contribution in [3.05, 3.63) is 99.3 Å². The minimum atomic E-state index is -1.20. The molecule has 8 heteroatoms. The van der Waals surface area contributed by atoms with E-state index >= 15 is 0 Å². The van der Waals surface area contributed by atoms with Gasteiger partial charge in [0, 0.05) is 35.3 Å². The Balaban J connectivity index is 1.97. The largest absolute Gasteiger partial charge is 0.452 e. The molecule has 0 aliphatic carbocycles. The lowest BCUT2D eigenvalue weighted by Gasteiger charge is -2.22. The molecule has 186 valence electrons. The van der Waals surface area contributed by atoms with Gasteiger partial charge in [-0.2, -0.15) is 0 Å². The maximum atomic E-state index is 14.4. The van der Waals surface area contributed by atoms with E-state index in [0.29, 0.717) is 39.8 Å². The number of amides is 1. The highest BCUT2D eigenvalue weighted by molar-refractivity contribution is 5.98. The lowest BCUT2D eigenvalue weighted by molar-refractivity contribution is 0.0785. The number of halogens is 2. The van der Waals surface area contributed by atoms with Gasteiger partial charge in [-0.3, -0.25) is 9.59 Å². The topological polar surface area (TPSA) is 80.6 Å². The van der Waals surface area contributed by atoms with Crippen LogP contribution in [0.3, 0.4) is 0 Å². The van der Waals surface area contributed by atoms with Crippen LogP contribution < -0.4 is 15.5 Å². The Morgan fingerprint density at radius 2 is 1.78 bits per heavy atom. The number of hydrogen-bond acceptors (Lipinski definition) is 4. The molecule has 3 aromatic carbocycles. The highest BCUT2D eigenvalue weighted by Gasteiger charge is 2.21. The van der Waals surface area contributed by atoms with Crippen LogP contribution >= 0.6 is 0 Å². The molecule has 6 nitrogen and oxygen atoms in total. The van der Waals surface area contributed by atoms with Gasteiger partial charge in [-0.25, -0.2) is 8.78 Å². The van der Waals surface area contributed by atoms with Crippen LogP contribution in [0, 0.1) is 18.6 Å². The molecule has 4 aromatic rings. The second-order valence-corrected chi connectivity index (χ2v) is 9.02. The number of benzene rings is 3. The summed E-state index contributed by atoms with van der Waals surface area (Å²) in [6.07, 6.45) is 1.62. The Labute approximate surface area is 206 Å². The minimum Gasteiger partial charge on any atom is -0.452 e. The fourth-order valence-corrected chi connectivity index (χ4v) is 3.91. The van der Waals surface area contributed by atoms with Crippen molar-refractivity contribution >= 4 is 16.8 Å². The molecule has 0 bridgehead atoms. The number of ether oxygens (including phenoxy) is 1. The zero-order valence-electron chi connectivity index (χ0n) is 20.4. The number of aliphatic hydroxyl groups is 1. The fourth-order valence-electron chi connectivity index (χ4n) is 3.91. The highest BCUT2D eigenvalue weighted by atomic mass is 19.1. The number of carbonyl (C=O) groups is 1. The molecule has 0 aliphatic rings. The molecule has 0 atom stereocenters. The average Bonchev–Trinajstić information content (AvgIpc) is 2.82. The van der Waals surface area contributed by atoms with Gasteiger partial charge in [0.15, 0.2) is 22.7 Å². The summed E-state index contributed by atoms with van der Waals surface area (Å²) in [6, 6.07) is 12.7. The molecule has 0 saturated carbocycles. The van der Waals surface area contributed by atoms with Gasteiger partial charge in [0.1, 0.15) is 5.82 Å². The molecule has 4 rings (SSSR count). The van der Waals surface area contributed by atoms with Crippen LogP contribution in [0.15, 0.2) is 65.6 Å². The van der Waals surface area contributed by atoms with Gasteiger partial charge >= 0.3 is 0 Å². The van der Waals surface area contributed by atoms with E-state index in [4.69, 9.17) is 4.74 Å². The van der Waals surface area contributed by atoms with Crippen LogP contribution in [-0.2, 0) is 5.60 Å². The number of aromatic nitrogens is 1. The average molecular weight is 493 g/mol. The predicted molar refractivity (Wildman–Crippen MR) is 134 cm³/mol. The third-order valence-electron chi connectivity index (χ3n) is 5.82. The molecule has 0 aliphatic heterocycles. The SMILES string of the molecule is CCNC(=O)c1ccc2c(c1)c(=O)c(C)cn2-c1cc(C(C)(C)O)ccc1Oc1ccc(F)cc1F. The second kappa shape index (κ2) is 9.54. The predicted octanol–water partition coefficient (Wildman–Crippen LogP) is 5.35. The van der Waals surface area contributed by atoms with Crippen molar-refractivity contribution in [2.75, 3.05) is 6.54 Å². The fraction of sp³-hybridized carbons (Fsp3) is 0.214. The molecule has 2 N–H and O–H groups in total. The van der Waals surface area contributed by atoms with E-state index < -0.39 is 17.2 Å². The van der Waals surface area contributed by atoms with Crippen LogP contribution in [0.2, 0.25) is 0 Å². The van der Waals surface area contributed by atoms with Crippen LogP contribution in [-0.4, -0.2) is 22.1 Å². The number of hydrogen-bond donors (Lipinski definition) is 2. The molecule has 0 spiro atoms. The first kappa shape index (κ1) is 25.1. The number of carbonyl (C=O) groups excluding carboxylic acids is 1. The van der Waals surface area contributed by atoms with Gasteiger partial charge in [-0.1, -0.05) is 6.07 Å². The first-order valence-corrected chi connectivity index (χ1v) is 11.4. The van der Waals surface area contributed by atoms with Crippen LogP contribution in [0.1, 0.15) is 42.3 Å². The Kier molecular flexibility index (Phi) is 6.65. The van der Waals surface area contributed by atoms with E-state index in [1.54, 1.807) is 68.8 Å². The molecule has 0 unspecified atom stereocenters. The van der Waals surface area contributed by atoms with Crippen molar-refractivity contribution in [1.29, 1.82) is 0 Å². The summed E-state index contributed by atoms with van der Waals surface area (Å²) in [5.41, 5.74) is 0.750. The van der Waals surface area contributed by atoms with Gasteiger partial charge in [-0.15, -0.1) is 0 Å².